The van der Waals surface area contributed by atoms with Crippen LogP contribution in [0.5, 0.6) is 0 Å². The second-order valence-electron chi connectivity index (χ2n) is 3.91. The lowest BCUT2D eigenvalue weighted by Crippen LogP contribution is -2.18. The normalized spacial score (nSPS) is 11.8. The van der Waals surface area contributed by atoms with Crippen molar-refractivity contribution in [2.45, 2.75) is 25.6 Å². The van der Waals surface area contributed by atoms with Crippen LogP contribution >= 0.6 is 0 Å². The summed E-state index contributed by atoms with van der Waals surface area (Å²) in [5.74, 6) is -0.361. The zero-order valence-corrected chi connectivity index (χ0v) is 10.9. The molecule has 0 unspecified atom stereocenters. The molecule has 0 N–H and O–H groups in total. The number of rotatable bonds is 9. The van der Waals surface area contributed by atoms with Crippen LogP contribution in [0.15, 0.2) is 30.3 Å². The van der Waals surface area contributed by atoms with Gasteiger partial charge in [-0.05, 0) is 12.0 Å². The molecular weight excluding hydrogens is 248 g/mol. The van der Waals surface area contributed by atoms with E-state index in [0.717, 1.165) is 5.56 Å². The van der Waals surface area contributed by atoms with E-state index in [1.165, 1.54) is 7.11 Å². The van der Waals surface area contributed by atoms with Gasteiger partial charge in [0.2, 0.25) is 0 Å². The summed E-state index contributed by atoms with van der Waals surface area (Å²) in [4.78, 5) is 21.7. The molecule has 104 valence electrons. The monoisotopic (exact) mass is 266 g/mol. The highest BCUT2D eigenvalue weighted by Gasteiger charge is 2.10. The lowest BCUT2D eigenvalue weighted by molar-refractivity contribution is -0.144. The summed E-state index contributed by atoms with van der Waals surface area (Å²) < 4.78 is 15.0. The first-order valence-corrected chi connectivity index (χ1v) is 6.01. The van der Waals surface area contributed by atoms with Gasteiger partial charge in [-0.15, -0.1) is 0 Å². The summed E-state index contributed by atoms with van der Waals surface area (Å²) >= 11 is 0. The molecule has 1 aromatic rings. The van der Waals surface area contributed by atoms with Crippen LogP contribution in [-0.4, -0.2) is 32.3 Å². The third-order valence-electron chi connectivity index (χ3n) is 2.49. The van der Waals surface area contributed by atoms with E-state index in [4.69, 9.17) is 9.47 Å². The Morgan fingerprint density at radius 1 is 1.32 bits per heavy atom. The molecule has 19 heavy (non-hydrogen) atoms. The fraction of sp³-hybridized carbons (Fsp3) is 0.429. The van der Waals surface area contributed by atoms with Gasteiger partial charge in [0.05, 0.1) is 13.7 Å². The minimum absolute atomic E-state index is 0.0134. The van der Waals surface area contributed by atoms with Gasteiger partial charge in [0.1, 0.15) is 19.2 Å². The molecule has 1 aromatic carbocycles. The van der Waals surface area contributed by atoms with Crippen molar-refractivity contribution in [3.8, 4) is 0 Å². The number of ether oxygens (including phenoxy) is 3. The molecule has 0 amide bonds. The van der Waals surface area contributed by atoms with Crippen molar-refractivity contribution in [1.82, 2.24) is 0 Å². The van der Waals surface area contributed by atoms with Gasteiger partial charge in [-0.25, -0.2) is 0 Å². The molecule has 0 aliphatic heterocycles. The quantitative estimate of drug-likeness (QED) is 0.294. The van der Waals surface area contributed by atoms with E-state index in [0.29, 0.717) is 19.3 Å². The summed E-state index contributed by atoms with van der Waals surface area (Å²) in [6.07, 6.45) is 0.466. The average Bonchev–Trinajstić information content (AvgIpc) is 2.47. The first-order valence-electron chi connectivity index (χ1n) is 6.01. The van der Waals surface area contributed by atoms with E-state index in [1.807, 2.05) is 30.3 Å². The number of benzene rings is 1. The number of hydrogen-bond acceptors (Lipinski definition) is 5. The number of carbonyl (C=O) groups is 2. The zero-order chi connectivity index (χ0) is 13.9. The fourth-order valence-electron chi connectivity index (χ4n) is 1.42. The minimum Gasteiger partial charge on any atom is -0.469 e. The average molecular weight is 266 g/mol. The predicted octanol–water partition coefficient (Wildman–Crippen LogP) is 1.70. The zero-order valence-electron chi connectivity index (χ0n) is 10.9. The van der Waals surface area contributed by atoms with Crippen LogP contribution in [0.25, 0.3) is 0 Å². The Kier molecular flexibility index (Phi) is 7.46. The van der Waals surface area contributed by atoms with E-state index in [2.05, 4.69) is 4.74 Å². The Bertz CT molecular complexity index is 377. The molecule has 1 rings (SSSR count). The van der Waals surface area contributed by atoms with Crippen LogP contribution in [0.3, 0.4) is 0 Å². The van der Waals surface area contributed by atoms with Crippen molar-refractivity contribution in [3.05, 3.63) is 35.9 Å². The van der Waals surface area contributed by atoms with Crippen LogP contribution in [0.4, 0.5) is 0 Å². The highest BCUT2D eigenvalue weighted by atomic mass is 16.7. The highest BCUT2D eigenvalue weighted by molar-refractivity contribution is 5.70. The predicted molar refractivity (Wildman–Crippen MR) is 68.3 cm³/mol. The largest absolute Gasteiger partial charge is 0.469 e. The smallest absolute Gasteiger partial charge is 0.305 e. The van der Waals surface area contributed by atoms with Gasteiger partial charge in [-0.2, -0.15) is 0 Å². The number of aldehydes is 1. The highest BCUT2D eigenvalue weighted by Crippen LogP contribution is 2.04. The summed E-state index contributed by atoms with van der Waals surface area (Å²) in [5.41, 5.74) is 1.03. The fourth-order valence-corrected chi connectivity index (χ4v) is 1.42. The van der Waals surface area contributed by atoms with Crippen LogP contribution in [0.2, 0.25) is 0 Å². The molecule has 0 saturated heterocycles. The van der Waals surface area contributed by atoms with E-state index < -0.39 is 6.10 Å². The molecule has 0 aromatic heterocycles. The number of carbonyl (C=O) groups excluding carboxylic acids is 2. The Hall–Kier alpha value is -1.72. The molecule has 0 heterocycles. The summed E-state index contributed by atoms with van der Waals surface area (Å²) in [5, 5.41) is 0. The molecule has 0 saturated carbocycles. The Morgan fingerprint density at radius 2 is 2.05 bits per heavy atom. The maximum absolute atomic E-state index is 10.9. The first kappa shape index (κ1) is 15.3. The number of esters is 1. The lowest BCUT2D eigenvalue weighted by Gasteiger charge is -2.11. The van der Waals surface area contributed by atoms with Crippen molar-refractivity contribution in [3.63, 3.8) is 0 Å². The van der Waals surface area contributed by atoms with Gasteiger partial charge in [0, 0.05) is 6.42 Å². The van der Waals surface area contributed by atoms with Crippen molar-refractivity contribution in [2.75, 3.05) is 13.9 Å². The molecule has 0 aliphatic rings. The maximum Gasteiger partial charge on any atom is 0.305 e. The minimum atomic E-state index is -0.644. The maximum atomic E-state index is 10.9. The van der Waals surface area contributed by atoms with E-state index in [1.54, 1.807) is 0 Å². The molecule has 0 fully saturated rings. The van der Waals surface area contributed by atoms with Gasteiger partial charge in [-0.1, -0.05) is 30.3 Å². The number of methoxy groups -OCH3 is 1. The first-order chi connectivity index (χ1) is 9.26. The molecule has 5 nitrogen and oxygen atoms in total. The molecule has 0 bridgehead atoms. The topological polar surface area (TPSA) is 61.8 Å². The van der Waals surface area contributed by atoms with Crippen molar-refractivity contribution >= 4 is 12.3 Å². The van der Waals surface area contributed by atoms with Crippen LogP contribution in [0.1, 0.15) is 18.4 Å². The van der Waals surface area contributed by atoms with Gasteiger partial charge in [0.15, 0.2) is 0 Å². The second kappa shape index (κ2) is 9.24. The summed E-state index contributed by atoms with van der Waals surface area (Å²) in [6.45, 7) is 0.433. The summed E-state index contributed by atoms with van der Waals surface area (Å²) in [6, 6.07) is 9.65. The molecule has 0 radical (unpaired) electrons. The molecule has 1 atom stereocenters. The molecule has 5 heteroatoms. The van der Waals surface area contributed by atoms with E-state index in [-0.39, 0.29) is 19.2 Å². The van der Waals surface area contributed by atoms with Crippen molar-refractivity contribution in [1.29, 1.82) is 0 Å². The van der Waals surface area contributed by atoms with E-state index in [9.17, 15) is 9.59 Å². The van der Waals surface area contributed by atoms with Crippen molar-refractivity contribution in [2.24, 2.45) is 0 Å². The van der Waals surface area contributed by atoms with Crippen molar-refractivity contribution < 1.29 is 23.8 Å². The SMILES string of the molecule is COC(=O)CC[C@@H](C=O)OCOCc1ccccc1. The van der Waals surface area contributed by atoms with E-state index >= 15 is 0 Å². The van der Waals surface area contributed by atoms with Gasteiger partial charge in [-0.3, -0.25) is 4.79 Å². The van der Waals surface area contributed by atoms with Gasteiger partial charge < -0.3 is 19.0 Å². The lowest BCUT2D eigenvalue weighted by atomic mass is 10.2. The van der Waals surface area contributed by atoms with Crippen LogP contribution in [0, 0.1) is 0 Å². The molecule has 0 spiro atoms. The van der Waals surface area contributed by atoms with Crippen LogP contribution in [-0.2, 0) is 30.4 Å². The third-order valence-corrected chi connectivity index (χ3v) is 2.49. The van der Waals surface area contributed by atoms with Crippen LogP contribution < -0.4 is 0 Å². The Balaban J connectivity index is 2.15. The number of hydrogen-bond donors (Lipinski definition) is 0. The van der Waals surface area contributed by atoms with Gasteiger partial charge in [0.25, 0.3) is 0 Å². The second-order valence-corrected chi connectivity index (χ2v) is 3.91. The standard InChI is InChI=1S/C14H18O5/c1-17-14(16)8-7-13(9-15)19-11-18-10-12-5-3-2-4-6-12/h2-6,9,13H,7-8,10-11H2,1H3/t13-/m0/s1. The Morgan fingerprint density at radius 3 is 2.68 bits per heavy atom. The summed E-state index contributed by atoms with van der Waals surface area (Å²) in [7, 11) is 1.31. The molecular formula is C14H18O5. The van der Waals surface area contributed by atoms with Gasteiger partial charge >= 0.3 is 5.97 Å². The third kappa shape index (κ3) is 6.69. The Labute approximate surface area is 112 Å². The molecule has 0 aliphatic carbocycles.